The smallest absolute Gasteiger partial charge is 0.191 e. The van der Waals surface area contributed by atoms with E-state index in [1.54, 1.807) is 0 Å². The molecule has 0 heterocycles. The highest BCUT2D eigenvalue weighted by Gasteiger charge is 2.20. The zero-order valence-corrected chi connectivity index (χ0v) is 14.5. The van der Waals surface area contributed by atoms with E-state index in [1.807, 2.05) is 7.05 Å². The first-order chi connectivity index (χ1) is 8.17. The van der Waals surface area contributed by atoms with Crippen molar-refractivity contribution in [2.45, 2.75) is 39.7 Å². The highest BCUT2D eigenvalue weighted by molar-refractivity contribution is 14.0. The van der Waals surface area contributed by atoms with Gasteiger partial charge in [-0.25, -0.2) is 0 Å². The summed E-state index contributed by atoms with van der Waals surface area (Å²) >= 11 is 0. The largest absolute Gasteiger partial charge is 0.356 e. The zero-order chi connectivity index (χ0) is 12.7. The molecule has 0 aromatic rings. The first-order valence-corrected chi connectivity index (χ1v) is 6.86. The summed E-state index contributed by atoms with van der Waals surface area (Å²) in [6.45, 7) is 10.9. The molecular formula is C13H29IN4. The topological polar surface area (TPSA) is 39.7 Å². The minimum Gasteiger partial charge on any atom is -0.356 e. The fourth-order valence-corrected chi connectivity index (χ4v) is 1.88. The van der Waals surface area contributed by atoms with Crippen molar-refractivity contribution >= 4 is 29.9 Å². The SMILES string of the molecule is CCN(CCNC(=NC)NCC1CC1)C(C)C.I. The van der Waals surface area contributed by atoms with E-state index in [-0.39, 0.29) is 24.0 Å². The van der Waals surface area contributed by atoms with Crippen LogP contribution in [0.1, 0.15) is 33.6 Å². The van der Waals surface area contributed by atoms with Crippen LogP contribution in [0.15, 0.2) is 4.99 Å². The number of halogens is 1. The minimum atomic E-state index is 0. The first kappa shape index (κ1) is 18.0. The monoisotopic (exact) mass is 368 g/mol. The van der Waals surface area contributed by atoms with Crippen molar-refractivity contribution in [2.24, 2.45) is 10.9 Å². The van der Waals surface area contributed by atoms with Crippen LogP contribution >= 0.6 is 24.0 Å². The lowest BCUT2D eigenvalue weighted by Gasteiger charge is -2.25. The standard InChI is InChI=1S/C13H28N4.HI/c1-5-17(11(2)3)9-8-15-13(14-4)16-10-12-6-7-12;/h11-12H,5-10H2,1-4H3,(H2,14,15,16);1H. The molecule has 0 saturated heterocycles. The molecule has 0 bridgehead atoms. The normalized spacial score (nSPS) is 15.8. The van der Waals surface area contributed by atoms with E-state index < -0.39 is 0 Å². The third-order valence-electron chi connectivity index (χ3n) is 3.31. The molecule has 108 valence electrons. The molecule has 0 aromatic heterocycles. The highest BCUT2D eigenvalue weighted by atomic mass is 127. The van der Waals surface area contributed by atoms with E-state index in [0.717, 1.165) is 38.1 Å². The van der Waals surface area contributed by atoms with Gasteiger partial charge in [-0.2, -0.15) is 0 Å². The van der Waals surface area contributed by atoms with Crippen LogP contribution in [0.2, 0.25) is 0 Å². The Kier molecular flexibility index (Phi) is 9.81. The van der Waals surface area contributed by atoms with Crippen LogP contribution in [-0.2, 0) is 0 Å². The Balaban J connectivity index is 0.00000289. The lowest BCUT2D eigenvalue weighted by molar-refractivity contribution is 0.237. The van der Waals surface area contributed by atoms with E-state index in [9.17, 15) is 0 Å². The molecule has 4 nitrogen and oxygen atoms in total. The van der Waals surface area contributed by atoms with E-state index in [0.29, 0.717) is 6.04 Å². The van der Waals surface area contributed by atoms with Crippen LogP contribution in [-0.4, -0.2) is 50.1 Å². The van der Waals surface area contributed by atoms with E-state index in [1.165, 1.54) is 12.8 Å². The second-order valence-electron chi connectivity index (χ2n) is 5.05. The molecule has 2 N–H and O–H groups in total. The van der Waals surface area contributed by atoms with Gasteiger partial charge >= 0.3 is 0 Å². The van der Waals surface area contributed by atoms with Crippen molar-refractivity contribution < 1.29 is 0 Å². The Morgan fingerprint density at radius 1 is 1.33 bits per heavy atom. The lowest BCUT2D eigenvalue weighted by Crippen LogP contribution is -2.43. The molecule has 0 atom stereocenters. The van der Waals surface area contributed by atoms with Crippen molar-refractivity contribution in [3.63, 3.8) is 0 Å². The van der Waals surface area contributed by atoms with Gasteiger partial charge in [0.05, 0.1) is 0 Å². The molecule has 1 aliphatic rings. The predicted molar refractivity (Wildman–Crippen MR) is 89.9 cm³/mol. The van der Waals surface area contributed by atoms with Crippen LogP contribution < -0.4 is 10.6 Å². The number of rotatable bonds is 7. The molecule has 1 aliphatic carbocycles. The number of aliphatic imine (C=N–C) groups is 1. The summed E-state index contributed by atoms with van der Waals surface area (Å²) < 4.78 is 0. The Bertz CT molecular complexity index is 239. The molecule has 1 rings (SSSR count). The van der Waals surface area contributed by atoms with Crippen LogP contribution in [0, 0.1) is 5.92 Å². The number of hydrogen-bond acceptors (Lipinski definition) is 2. The Morgan fingerprint density at radius 2 is 2.00 bits per heavy atom. The van der Waals surface area contributed by atoms with Gasteiger partial charge in [0.2, 0.25) is 0 Å². The van der Waals surface area contributed by atoms with Gasteiger partial charge in [0, 0.05) is 32.7 Å². The average molecular weight is 368 g/mol. The Hall–Kier alpha value is -0.0400. The Labute approximate surface area is 129 Å². The fraction of sp³-hybridized carbons (Fsp3) is 0.923. The molecule has 0 amide bonds. The Morgan fingerprint density at radius 3 is 2.44 bits per heavy atom. The molecule has 18 heavy (non-hydrogen) atoms. The predicted octanol–water partition coefficient (Wildman–Crippen LogP) is 1.91. The average Bonchev–Trinajstić information content (AvgIpc) is 3.11. The van der Waals surface area contributed by atoms with Crippen LogP contribution in [0.4, 0.5) is 0 Å². The van der Waals surface area contributed by atoms with E-state index >= 15 is 0 Å². The third-order valence-corrected chi connectivity index (χ3v) is 3.31. The summed E-state index contributed by atoms with van der Waals surface area (Å²) in [7, 11) is 1.84. The minimum absolute atomic E-state index is 0. The van der Waals surface area contributed by atoms with Crippen LogP contribution in [0.25, 0.3) is 0 Å². The molecule has 5 heteroatoms. The zero-order valence-electron chi connectivity index (χ0n) is 12.2. The fourth-order valence-electron chi connectivity index (χ4n) is 1.88. The number of nitrogens with one attached hydrogen (secondary N) is 2. The maximum atomic E-state index is 4.23. The van der Waals surface area contributed by atoms with Gasteiger partial charge in [0.1, 0.15) is 0 Å². The molecule has 0 aliphatic heterocycles. The van der Waals surface area contributed by atoms with Gasteiger partial charge in [-0.15, -0.1) is 24.0 Å². The second-order valence-corrected chi connectivity index (χ2v) is 5.05. The lowest BCUT2D eigenvalue weighted by atomic mass is 10.3. The van der Waals surface area contributed by atoms with Crippen molar-refractivity contribution in [1.29, 1.82) is 0 Å². The van der Waals surface area contributed by atoms with Crippen molar-refractivity contribution in [3.05, 3.63) is 0 Å². The molecule has 1 saturated carbocycles. The van der Waals surface area contributed by atoms with Gasteiger partial charge in [0.25, 0.3) is 0 Å². The number of hydrogen-bond donors (Lipinski definition) is 2. The third kappa shape index (κ3) is 7.41. The number of guanidine groups is 1. The molecular weight excluding hydrogens is 339 g/mol. The molecule has 0 radical (unpaired) electrons. The van der Waals surface area contributed by atoms with Gasteiger partial charge in [0.15, 0.2) is 5.96 Å². The van der Waals surface area contributed by atoms with Crippen molar-refractivity contribution in [1.82, 2.24) is 15.5 Å². The summed E-state index contributed by atoms with van der Waals surface area (Å²) in [5, 5.41) is 6.74. The van der Waals surface area contributed by atoms with Crippen molar-refractivity contribution in [2.75, 3.05) is 33.2 Å². The molecule has 0 aromatic carbocycles. The highest BCUT2D eigenvalue weighted by Crippen LogP contribution is 2.27. The number of nitrogens with zero attached hydrogens (tertiary/aromatic N) is 2. The molecule has 1 fully saturated rings. The van der Waals surface area contributed by atoms with Gasteiger partial charge in [-0.3, -0.25) is 9.89 Å². The molecule has 0 spiro atoms. The van der Waals surface area contributed by atoms with Crippen LogP contribution in [0.5, 0.6) is 0 Å². The maximum absolute atomic E-state index is 4.23. The summed E-state index contributed by atoms with van der Waals surface area (Å²) in [5.41, 5.74) is 0. The maximum Gasteiger partial charge on any atom is 0.191 e. The quantitative estimate of drug-likeness (QED) is 0.410. The van der Waals surface area contributed by atoms with E-state index in [2.05, 4.69) is 41.3 Å². The van der Waals surface area contributed by atoms with E-state index in [4.69, 9.17) is 0 Å². The molecule has 0 unspecified atom stereocenters. The summed E-state index contributed by atoms with van der Waals surface area (Å²) in [4.78, 5) is 6.68. The van der Waals surface area contributed by atoms with Gasteiger partial charge < -0.3 is 10.6 Å². The second kappa shape index (κ2) is 9.83. The number of likely N-dealkylation sites (N-methyl/N-ethyl adjacent to an activating group) is 1. The van der Waals surface area contributed by atoms with Crippen LogP contribution in [0.3, 0.4) is 0 Å². The first-order valence-electron chi connectivity index (χ1n) is 6.86. The summed E-state index contributed by atoms with van der Waals surface area (Å²) in [5.74, 6) is 1.83. The summed E-state index contributed by atoms with van der Waals surface area (Å²) in [6, 6.07) is 0.614. The van der Waals surface area contributed by atoms with Gasteiger partial charge in [-0.05, 0) is 39.2 Å². The van der Waals surface area contributed by atoms with Gasteiger partial charge in [-0.1, -0.05) is 6.92 Å². The summed E-state index contributed by atoms with van der Waals surface area (Å²) in [6.07, 6.45) is 2.75. The van der Waals surface area contributed by atoms with Crippen molar-refractivity contribution in [3.8, 4) is 0 Å².